The fourth-order valence-corrected chi connectivity index (χ4v) is 4.60. The summed E-state index contributed by atoms with van der Waals surface area (Å²) in [5.74, 6) is -0.981. The molecule has 0 bridgehead atoms. The van der Waals surface area contributed by atoms with E-state index in [2.05, 4.69) is 5.32 Å². The summed E-state index contributed by atoms with van der Waals surface area (Å²) in [5.41, 5.74) is 3.55. The summed E-state index contributed by atoms with van der Waals surface area (Å²) in [6, 6.07) is 18.6. The van der Waals surface area contributed by atoms with Crippen LogP contribution in [0.15, 0.2) is 77.7 Å². The number of sulfonamides is 1. The van der Waals surface area contributed by atoms with E-state index in [9.17, 15) is 17.6 Å². The maximum Gasteiger partial charge on any atom is 0.264 e. The molecule has 162 valence electrons. The van der Waals surface area contributed by atoms with Gasteiger partial charge in [0.25, 0.3) is 10.0 Å². The molecule has 0 heterocycles. The molecular weight excluding hydrogens is 415 g/mol. The maximum atomic E-state index is 13.3. The van der Waals surface area contributed by atoms with E-state index in [4.69, 9.17) is 0 Å². The lowest BCUT2D eigenvalue weighted by atomic mass is 10.0. The molecule has 31 heavy (non-hydrogen) atoms. The van der Waals surface area contributed by atoms with E-state index in [1.54, 1.807) is 30.3 Å². The van der Waals surface area contributed by atoms with Crippen LogP contribution in [0.1, 0.15) is 29.7 Å². The largest absolute Gasteiger partial charge is 0.348 e. The van der Waals surface area contributed by atoms with Crippen molar-refractivity contribution in [3.63, 3.8) is 0 Å². The first-order chi connectivity index (χ1) is 14.7. The number of amides is 1. The van der Waals surface area contributed by atoms with E-state index in [1.165, 1.54) is 12.1 Å². The summed E-state index contributed by atoms with van der Waals surface area (Å²) in [5, 5.41) is 2.87. The molecular formula is C24H25FN2O3S. The van der Waals surface area contributed by atoms with Crippen LogP contribution in [-0.2, 0) is 14.8 Å². The molecule has 0 aromatic heterocycles. The van der Waals surface area contributed by atoms with E-state index in [0.717, 1.165) is 33.1 Å². The SMILES string of the molecule is Cc1ccc(C(C)NC(=O)CN(c2ccccc2)S(=O)(=O)c2ccc(F)cc2)cc1C. The number of aryl methyl sites for hydroxylation is 2. The number of benzene rings is 3. The number of halogens is 1. The molecule has 0 fully saturated rings. The van der Waals surface area contributed by atoms with Crippen molar-refractivity contribution in [1.29, 1.82) is 0 Å². The van der Waals surface area contributed by atoms with E-state index < -0.39 is 28.3 Å². The lowest BCUT2D eigenvalue weighted by Gasteiger charge is -2.25. The van der Waals surface area contributed by atoms with Gasteiger partial charge in [-0.05, 0) is 73.9 Å². The van der Waals surface area contributed by atoms with Gasteiger partial charge in [0.1, 0.15) is 12.4 Å². The third-order valence-corrected chi connectivity index (χ3v) is 6.93. The fraction of sp³-hybridized carbons (Fsp3) is 0.208. The van der Waals surface area contributed by atoms with Gasteiger partial charge in [-0.25, -0.2) is 12.8 Å². The quantitative estimate of drug-likeness (QED) is 0.588. The van der Waals surface area contributed by atoms with Gasteiger partial charge in [-0.1, -0.05) is 36.4 Å². The third-order valence-electron chi connectivity index (χ3n) is 5.14. The normalized spacial score (nSPS) is 12.3. The third kappa shape index (κ3) is 5.30. The Morgan fingerprint density at radius 2 is 1.61 bits per heavy atom. The smallest absolute Gasteiger partial charge is 0.264 e. The summed E-state index contributed by atoms with van der Waals surface area (Å²) in [4.78, 5) is 12.7. The van der Waals surface area contributed by atoms with Gasteiger partial charge < -0.3 is 5.32 Å². The number of anilines is 1. The maximum absolute atomic E-state index is 13.3. The van der Waals surface area contributed by atoms with Crippen LogP contribution in [-0.4, -0.2) is 20.9 Å². The van der Waals surface area contributed by atoms with Crippen molar-refractivity contribution >= 4 is 21.6 Å². The zero-order valence-electron chi connectivity index (χ0n) is 17.7. The molecule has 3 aromatic carbocycles. The summed E-state index contributed by atoms with van der Waals surface area (Å²) >= 11 is 0. The van der Waals surface area contributed by atoms with Crippen molar-refractivity contribution in [2.75, 3.05) is 10.8 Å². The predicted molar refractivity (Wildman–Crippen MR) is 120 cm³/mol. The van der Waals surface area contributed by atoms with Crippen LogP contribution in [0.25, 0.3) is 0 Å². The molecule has 0 spiro atoms. The van der Waals surface area contributed by atoms with Crippen LogP contribution in [0.5, 0.6) is 0 Å². The average molecular weight is 441 g/mol. The van der Waals surface area contributed by atoms with Crippen LogP contribution >= 0.6 is 0 Å². The summed E-state index contributed by atoms with van der Waals surface area (Å²) in [6.45, 7) is 5.46. The van der Waals surface area contributed by atoms with Crippen LogP contribution in [0.4, 0.5) is 10.1 Å². The number of carbonyl (C=O) groups excluding carboxylic acids is 1. The highest BCUT2D eigenvalue weighted by Crippen LogP contribution is 2.24. The highest BCUT2D eigenvalue weighted by molar-refractivity contribution is 7.92. The van der Waals surface area contributed by atoms with Crippen LogP contribution in [0.2, 0.25) is 0 Å². The molecule has 0 saturated heterocycles. The standard InChI is InChI=1S/C24H25FN2O3S/c1-17-9-10-20(15-18(17)2)19(3)26-24(28)16-27(22-7-5-4-6-8-22)31(29,30)23-13-11-21(25)12-14-23/h4-15,19H,16H2,1-3H3,(H,26,28). The van der Waals surface area contributed by atoms with Gasteiger partial charge in [0.15, 0.2) is 0 Å². The van der Waals surface area contributed by atoms with E-state index in [-0.39, 0.29) is 10.9 Å². The molecule has 0 saturated carbocycles. The van der Waals surface area contributed by atoms with Gasteiger partial charge in [-0.3, -0.25) is 9.10 Å². The summed E-state index contributed by atoms with van der Waals surface area (Å²) < 4.78 is 40.8. The predicted octanol–water partition coefficient (Wildman–Crippen LogP) is 4.52. The Morgan fingerprint density at radius 1 is 0.968 bits per heavy atom. The number of para-hydroxylation sites is 1. The number of rotatable bonds is 7. The number of nitrogens with zero attached hydrogens (tertiary/aromatic N) is 1. The first kappa shape index (κ1) is 22.5. The van der Waals surface area contributed by atoms with Crippen LogP contribution in [0, 0.1) is 19.7 Å². The molecule has 3 rings (SSSR count). The number of nitrogens with one attached hydrogen (secondary N) is 1. The minimum absolute atomic E-state index is 0.0900. The Labute approximate surface area is 182 Å². The van der Waals surface area contributed by atoms with Gasteiger partial charge in [-0.15, -0.1) is 0 Å². The van der Waals surface area contributed by atoms with E-state index in [1.807, 2.05) is 39.0 Å². The number of hydrogen-bond acceptors (Lipinski definition) is 3. The molecule has 1 amide bonds. The molecule has 0 aliphatic heterocycles. The molecule has 1 unspecified atom stereocenters. The molecule has 0 aliphatic rings. The van der Waals surface area contributed by atoms with E-state index in [0.29, 0.717) is 5.69 Å². The van der Waals surface area contributed by atoms with Crippen molar-refractivity contribution < 1.29 is 17.6 Å². The number of hydrogen-bond donors (Lipinski definition) is 1. The van der Waals surface area contributed by atoms with Gasteiger partial charge in [0.05, 0.1) is 16.6 Å². The molecule has 1 atom stereocenters. The van der Waals surface area contributed by atoms with Gasteiger partial charge >= 0.3 is 0 Å². The Hall–Kier alpha value is -3.19. The van der Waals surface area contributed by atoms with Crippen LogP contribution < -0.4 is 9.62 Å². The highest BCUT2D eigenvalue weighted by atomic mass is 32.2. The Kier molecular flexibility index (Phi) is 6.75. The van der Waals surface area contributed by atoms with Crippen molar-refractivity contribution in [3.8, 4) is 0 Å². The van der Waals surface area contributed by atoms with Crippen molar-refractivity contribution in [1.82, 2.24) is 5.32 Å². The first-order valence-electron chi connectivity index (χ1n) is 9.88. The zero-order chi connectivity index (χ0) is 22.6. The second-order valence-corrected chi connectivity index (χ2v) is 9.30. The minimum atomic E-state index is -4.07. The van der Waals surface area contributed by atoms with Gasteiger partial charge in [0.2, 0.25) is 5.91 Å². The fourth-order valence-electron chi connectivity index (χ4n) is 3.18. The van der Waals surface area contributed by atoms with Crippen molar-refractivity contribution in [2.24, 2.45) is 0 Å². The molecule has 1 N–H and O–H groups in total. The summed E-state index contributed by atoms with van der Waals surface area (Å²) in [7, 11) is -4.07. The molecule has 7 heteroatoms. The zero-order valence-corrected chi connectivity index (χ0v) is 18.5. The Bertz CT molecular complexity index is 1160. The van der Waals surface area contributed by atoms with E-state index >= 15 is 0 Å². The second-order valence-electron chi connectivity index (χ2n) is 7.43. The first-order valence-corrected chi connectivity index (χ1v) is 11.3. The Morgan fingerprint density at radius 3 is 2.23 bits per heavy atom. The Balaban J connectivity index is 1.86. The molecule has 0 radical (unpaired) electrons. The topological polar surface area (TPSA) is 66.5 Å². The summed E-state index contributed by atoms with van der Waals surface area (Å²) in [6.07, 6.45) is 0. The second kappa shape index (κ2) is 9.31. The van der Waals surface area contributed by atoms with Crippen LogP contribution in [0.3, 0.4) is 0 Å². The molecule has 5 nitrogen and oxygen atoms in total. The van der Waals surface area contributed by atoms with Crippen molar-refractivity contribution in [3.05, 3.63) is 95.3 Å². The van der Waals surface area contributed by atoms with Gasteiger partial charge in [0, 0.05) is 0 Å². The minimum Gasteiger partial charge on any atom is -0.348 e. The lowest BCUT2D eigenvalue weighted by Crippen LogP contribution is -2.41. The van der Waals surface area contributed by atoms with Crippen molar-refractivity contribution in [2.45, 2.75) is 31.7 Å². The monoisotopic (exact) mass is 440 g/mol. The average Bonchev–Trinajstić information content (AvgIpc) is 2.74. The molecule has 0 aliphatic carbocycles. The number of carbonyl (C=O) groups is 1. The molecule has 3 aromatic rings. The van der Waals surface area contributed by atoms with Gasteiger partial charge in [-0.2, -0.15) is 0 Å². The highest BCUT2D eigenvalue weighted by Gasteiger charge is 2.27. The lowest BCUT2D eigenvalue weighted by molar-refractivity contribution is -0.120.